The lowest BCUT2D eigenvalue weighted by Crippen LogP contribution is -2.22. The number of aliphatic hydroxyl groups is 2. The summed E-state index contributed by atoms with van der Waals surface area (Å²) in [6, 6.07) is 0. The van der Waals surface area contributed by atoms with Crippen LogP contribution in [0.25, 0.3) is 11.2 Å². The fraction of sp³-hybridized carbons (Fsp3) is 0.545. The molecule has 112 valence electrons. The Morgan fingerprint density at radius 1 is 1.25 bits per heavy atom. The lowest BCUT2D eigenvalue weighted by atomic mass is 10.3. The first-order chi connectivity index (χ1) is 9.60. The van der Waals surface area contributed by atoms with Gasteiger partial charge in [-0.25, -0.2) is 15.0 Å². The van der Waals surface area contributed by atoms with E-state index in [1.165, 1.54) is 12.7 Å². The van der Waals surface area contributed by atoms with Gasteiger partial charge in [-0.15, -0.1) is 0 Å². The Morgan fingerprint density at radius 3 is 2.30 bits per heavy atom. The summed E-state index contributed by atoms with van der Waals surface area (Å²) in [6.45, 7) is 0.558. The van der Waals surface area contributed by atoms with E-state index < -0.39 is 12.2 Å². The molecule has 0 saturated carbocycles. The predicted octanol–water partition coefficient (Wildman–Crippen LogP) is -0.347. The van der Waals surface area contributed by atoms with Gasteiger partial charge in [-0.2, -0.15) is 11.8 Å². The van der Waals surface area contributed by atoms with Crippen molar-refractivity contribution in [3.63, 3.8) is 0 Å². The molecule has 0 bridgehead atoms. The molecule has 3 rings (SSSR count). The van der Waals surface area contributed by atoms with Crippen LogP contribution >= 0.6 is 11.8 Å². The van der Waals surface area contributed by atoms with E-state index >= 15 is 0 Å². The van der Waals surface area contributed by atoms with Gasteiger partial charge in [0.1, 0.15) is 24.1 Å². The van der Waals surface area contributed by atoms with Crippen LogP contribution in [0.4, 0.5) is 5.82 Å². The summed E-state index contributed by atoms with van der Waals surface area (Å²) >= 11 is 1.75. The molecule has 8 nitrogen and oxygen atoms in total. The number of imidazole rings is 1. The van der Waals surface area contributed by atoms with Crippen LogP contribution in [0.5, 0.6) is 0 Å². The number of nitrogen functional groups attached to an aromatic ring is 1. The molecule has 0 aliphatic carbocycles. The van der Waals surface area contributed by atoms with Crippen molar-refractivity contribution in [1.29, 1.82) is 0 Å². The fourth-order valence-corrected chi connectivity index (χ4v) is 1.32. The SMILES string of the molecule is CSC.Nc1ncnc2nc[nH]c12.OC1COCC1O. The highest BCUT2D eigenvalue weighted by molar-refractivity contribution is 7.97. The molecule has 2 aromatic rings. The average Bonchev–Trinajstić information content (AvgIpc) is 3.02. The van der Waals surface area contributed by atoms with Crippen molar-refractivity contribution in [2.75, 3.05) is 31.5 Å². The lowest BCUT2D eigenvalue weighted by Gasteiger charge is -2.00. The molecule has 2 aromatic heterocycles. The first-order valence-electron chi connectivity index (χ1n) is 5.83. The van der Waals surface area contributed by atoms with Crippen molar-refractivity contribution >= 4 is 28.7 Å². The molecule has 20 heavy (non-hydrogen) atoms. The molecule has 1 saturated heterocycles. The van der Waals surface area contributed by atoms with Gasteiger partial charge in [0.05, 0.1) is 19.5 Å². The Hall–Kier alpha value is -1.42. The maximum atomic E-state index is 8.62. The highest BCUT2D eigenvalue weighted by Gasteiger charge is 2.22. The normalized spacial score (nSPS) is 20.8. The molecule has 0 spiro atoms. The number of nitrogens with two attached hydrogens (primary N) is 1. The van der Waals surface area contributed by atoms with Crippen LogP contribution in [0.1, 0.15) is 0 Å². The number of aromatic nitrogens is 4. The average molecular weight is 301 g/mol. The van der Waals surface area contributed by atoms with Gasteiger partial charge in [0.15, 0.2) is 11.5 Å². The van der Waals surface area contributed by atoms with Gasteiger partial charge in [0, 0.05) is 0 Å². The first kappa shape index (κ1) is 16.6. The monoisotopic (exact) mass is 301 g/mol. The number of aliphatic hydroxyl groups excluding tert-OH is 2. The Labute approximate surface area is 120 Å². The van der Waals surface area contributed by atoms with Crippen LogP contribution in [0.15, 0.2) is 12.7 Å². The highest BCUT2D eigenvalue weighted by Crippen LogP contribution is 2.09. The van der Waals surface area contributed by atoms with Gasteiger partial charge in [-0.05, 0) is 12.5 Å². The van der Waals surface area contributed by atoms with Crippen molar-refractivity contribution in [2.24, 2.45) is 0 Å². The second-order valence-corrected chi connectivity index (χ2v) is 4.76. The first-order valence-corrected chi connectivity index (χ1v) is 7.47. The molecule has 0 aromatic carbocycles. The third kappa shape index (κ3) is 4.93. The fourth-order valence-electron chi connectivity index (χ4n) is 1.32. The van der Waals surface area contributed by atoms with E-state index in [-0.39, 0.29) is 13.2 Å². The van der Waals surface area contributed by atoms with E-state index in [0.717, 1.165) is 0 Å². The van der Waals surface area contributed by atoms with Gasteiger partial charge in [0.2, 0.25) is 0 Å². The quantitative estimate of drug-likeness (QED) is 0.519. The number of nitrogens with one attached hydrogen (secondary N) is 1. The van der Waals surface area contributed by atoms with Crippen LogP contribution in [-0.4, -0.2) is 68.1 Å². The number of H-pyrrole nitrogens is 1. The number of hydrogen-bond acceptors (Lipinski definition) is 8. The minimum absolute atomic E-state index is 0.279. The molecule has 0 amide bonds. The van der Waals surface area contributed by atoms with Gasteiger partial charge in [-0.1, -0.05) is 0 Å². The molecule has 5 N–H and O–H groups in total. The summed E-state index contributed by atoms with van der Waals surface area (Å²) in [5.74, 6) is 0.433. The van der Waals surface area contributed by atoms with Crippen molar-refractivity contribution in [1.82, 2.24) is 19.9 Å². The molecule has 3 heterocycles. The van der Waals surface area contributed by atoms with Crippen molar-refractivity contribution in [3.8, 4) is 0 Å². The number of ether oxygens (including phenoxy) is 1. The number of fused-ring (bicyclic) bond motifs is 1. The molecule has 0 radical (unpaired) electrons. The zero-order valence-electron chi connectivity index (χ0n) is 11.4. The van der Waals surface area contributed by atoms with Gasteiger partial charge < -0.3 is 25.7 Å². The molecule has 1 aliphatic rings. The molecule has 1 aliphatic heterocycles. The molecular formula is C11H19N5O3S. The van der Waals surface area contributed by atoms with E-state index in [4.69, 9.17) is 15.9 Å². The molecule has 2 unspecified atom stereocenters. The van der Waals surface area contributed by atoms with E-state index in [2.05, 4.69) is 24.7 Å². The van der Waals surface area contributed by atoms with Crippen molar-refractivity contribution < 1.29 is 14.9 Å². The third-order valence-corrected chi connectivity index (χ3v) is 2.27. The number of rotatable bonds is 0. The Bertz CT molecular complexity index is 502. The van der Waals surface area contributed by atoms with E-state index in [0.29, 0.717) is 17.0 Å². The summed E-state index contributed by atoms with van der Waals surface area (Å²) in [7, 11) is 0. The second kappa shape index (κ2) is 8.69. The second-order valence-electron chi connectivity index (χ2n) is 3.94. The summed E-state index contributed by atoms with van der Waals surface area (Å²) in [5.41, 5.74) is 6.78. The molecule has 1 fully saturated rings. The molecule has 2 atom stereocenters. The molecular weight excluding hydrogens is 282 g/mol. The maximum Gasteiger partial charge on any atom is 0.182 e. The Kier molecular flexibility index (Phi) is 7.23. The number of aromatic amines is 1. The zero-order valence-corrected chi connectivity index (χ0v) is 12.2. The number of anilines is 1. The minimum Gasteiger partial charge on any atom is -0.388 e. The predicted molar refractivity (Wildman–Crippen MR) is 78.4 cm³/mol. The lowest BCUT2D eigenvalue weighted by molar-refractivity contribution is 0.0572. The van der Waals surface area contributed by atoms with Gasteiger partial charge in [-0.3, -0.25) is 0 Å². The topological polar surface area (TPSA) is 130 Å². The van der Waals surface area contributed by atoms with Gasteiger partial charge in [0.25, 0.3) is 0 Å². The van der Waals surface area contributed by atoms with Crippen LogP contribution < -0.4 is 5.73 Å². The Balaban J connectivity index is 0.000000176. The van der Waals surface area contributed by atoms with E-state index in [1.807, 2.05) is 12.5 Å². The summed E-state index contributed by atoms with van der Waals surface area (Å²) in [4.78, 5) is 14.4. The van der Waals surface area contributed by atoms with Crippen LogP contribution in [0.3, 0.4) is 0 Å². The van der Waals surface area contributed by atoms with Crippen molar-refractivity contribution in [2.45, 2.75) is 12.2 Å². The van der Waals surface area contributed by atoms with Crippen molar-refractivity contribution in [3.05, 3.63) is 12.7 Å². The number of hydrogen-bond donors (Lipinski definition) is 4. The van der Waals surface area contributed by atoms with E-state index in [1.54, 1.807) is 11.8 Å². The standard InChI is InChI=1S/C5H5N5.C4H8O3.C2H6S/c6-4-3-5(9-1-7-3)10-2-8-4;5-3-1-7-2-4(3)6;1-3-2/h1-2H,(H3,6,7,8,9,10);3-6H,1-2H2;1-2H3. The van der Waals surface area contributed by atoms with Crippen LogP contribution in [-0.2, 0) is 4.74 Å². The number of thioether (sulfide) groups is 1. The maximum absolute atomic E-state index is 8.62. The summed E-state index contributed by atoms with van der Waals surface area (Å²) in [6.07, 6.45) is 5.70. The Morgan fingerprint density at radius 2 is 1.85 bits per heavy atom. The highest BCUT2D eigenvalue weighted by atomic mass is 32.2. The molecule has 9 heteroatoms. The van der Waals surface area contributed by atoms with Crippen LogP contribution in [0.2, 0.25) is 0 Å². The summed E-state index contributed by atoms with van der Waals surface area (Å²) < 4.78 is 4.67. The smallest absolute Gasteiger partial charge is 0.182 e. The number of nitrogens with zero attached hydrogens (tertiary/aromatic N) is 3. The third-order valence-electron chi connectivity index (χ3n) is 2.27. The minimum atomic E-state index is -0.653. The largest absolute Gasteiger partial charge is 0.388 e. The van der Waals surface area contributed by atoms with E-state index in [9.17, 15) is 0 Å². The van der Waals surface area contributed by atoms with Crippen LogP contribution in [0, 0.1) is 0 Å². The van der Waals surface area contributed by atoms with Gasteiger partial charge >= 0.3 is 0 Å². The summed E-state index contributed by atoms with van der Waals surface area (Å²) in [5, 5.41) is 17.2. The zero-order chi connectivity index (χ0) is 15.0.